The zero-order valence-corrected chi connectivity index (χ0v) is 10.0. The molecule has 0 unspecified atom stereocenters. The monoisotopic (exact) mass is 236 g/mol. The highest BCUT2D eigenvalue weighted by Gasteiger charge is 2.06. The number of aromatic amines is 1. The van der Waals surface area contributed by atoms with E-state index in [4.69, 9.17) is 12.2 Å². The highest BCUT2D eigenvalue weighted by molar-refractivity contribution is 7.71. The van der Waals surface area contributed by atoms with Crippen LogP contribution in [0.25, 0.3) is 5.69 Å². The van der Waals surface area contributed by atoms with Gasteiger partial charge in [-0.1, -0.05) is 32.1 Å². The number of hydrogen-bond acceptors (Lipinski definition) is 1. The number of rotatable bonds is 2. The molecule has 0 atom stereocenters. The summed E-state index contributed by atoms with van der Waals surface area (Å²) in [6.07, 6.45) is 0. The fourth-order valence-electron chi connectivity index (χ4n) is 1.52. The Morgan fingerprint density at radius 3 is 2.62 bits per heavy atom. The topological polar surface area (TPSA) is 20.7 Å². The van der Waals surface area contributed by atoms with Crippen LogP contribution in [0.2, 0.25) is 0 Å². The largest absolute Gasteiger partial charge is 0.297 e. The van der Waals surface area contributed by atoms with Crippen LogP contribution in [0.3, 0.4) is 0 Å². The van der Waals surface area contributed by atoms with Crippen molar-refractivity contribution in [1.29, 1.82) is 0 Å². The maximum absolute atomic E-state index is 13.1. The molecule has 0 bridgehead atoms. The summed E-state index contributed by atoms with van der Waals surface area (Å²) in [5.74, 6) is 0.108. The van der Waals surface area contributed by atoms with Gasteiger partial charge in [0.1, 0.15) is 10.5 Å². The minimum absolute atomic E-state index is 0.264. The van der Waals surface area contributed by atoms with Crippen LogP contribution in [0.15, 0.2) is 30.3 Å². The van der Waals surface area contributed by atoms with Crippen molar-refractivity contribution in [1.82, 2.24) is 9.78 Å². The highest BCUT2D eigenvalue weighted by Crippen LogP contribution is 2.16. The standard InChI is InChI=1S/C12H13FN2S/c1-8(2)11-7-12(16)15(14-11)10-5-3-4-9(13)6-10/h3-8,14H,1-2H3. The van der Waals surface area contributed by atoms with Crippen LogP contribution in [0.5, 0.6) is 0 Å². The zero-order valence-electron chi connectivity index (χ0n) is 9.20. The quantitative estimate of drug-likeness (QED) is 0.787. The second kappa shape index (κ2) is 4.22. The smallest absolute Gasteiger partial charge is 0.127 e. The van der Waals surface area contributed by atoms with Crippen molar-refractivity contribution in [3.8, 4) is 5.69 Å². The van der Waals surface area contributed by atoms with Gasteiger partial charge in [0.15, 0.2) is 0 Å². The van der Waals surface area contributed by atoms with Gasteiger partial charge in [-0.25, -0.2) is 9.07 Å². The fraction of sp³-hybridized carbons (Fsp3) is 0.250. The molecule has 0 radical (unpaired) electrons. The highest BCUT2D eigenvalue weighted by atomic mass is 32.1. The van der Waals surface area contributed by atoms with Crippen molar-refractivity contribution in [3.63, 3.8) is 0 Å². The van der Waals surface area contributed by atoms with Crippen LogP contribution in [-0.4, -0.2) is 9.78 Å². The summed E-state index contributed by atoms with van der Waals surface area (Å²) in [5, 5.41) is 3.17. The van der Waals surface area contributed by atoms with Crippen molar-refractivity contribution in [2.45, 2.75) is 19.8 Å². The zero-order chi connectivity index (χ0) is 11.7. The Bertz CT molecular complexity index is 554. The first-order valence-corrected chi connectivity index (χ1v) is 5.56. The summed E-state index contributed by atoms with van der Waals surface area (Å²) in [6.45, 7) is 4.16. The van der Waals surface area contributed by atoms with Crippen LogP contribution < -0.4 is 0 Å². The molecule has 1 aromatic heterocycles. The predicted octanol–water partition coefficient (Wildman–Crippen LogP) is 3.80. The van der Waals surface area contributed by atoms with Crippen molar-refractivity contribution in [2.24, 2.45) is 0 Å². The number of nitrogens with one attached hydrogen (secondary N) is 1. The van der Waals surface area contributed by atoms with Crippen LogP contribution in [0.4, 0.5) is 4.39 Å². The first kappa shape index (κ1) is 11.1. The molecule has 16 heavy (non-hydrogen) atoms. The Balaban J connectivity index is 2.52. The van der Waals surface area contributed by atoms with E-state index in [-0.39, 0.29) is 5.82 Å². The van der Waals surface area contributed by atoms with Crippen LogP contribution in [0, 0.1) is 10.5 Å². The summed E-state index contributed by atoms with van der Waals surface area (Å²) in [6, 6.07) is 8.27. The molecule has 0 amide bonds. The summed E-state index contributed by atoms with van der Waals surface area (Å²) in [4.78, 5) is 0. The molecule has 0 fully saturated rings. The molecule has 2 rings (SSSR count). The first-order chi connectivity index (χ1) is 7.58. The van der Waals surface area contributed by atoms with Gasteiger partial charge in [0.2, 0.25) is 0 Å². The van der Waals surface area contributed by atoms with Gasteiger partial charge in [-0.3, -0.25) is 5.10 Å². The number of H-pyrrole nitrogens is 1. The minimum atomic E-state index is -0.264. The molecule has 0 saturated heterocycles. The third kappa shape index (κ3) is 2.07. The minimum Gasteiger partial charge on any atom is -0.297 e. The average molecular weight is 236 g/mol. The first-order valence-electron chi connectivity index (χ1n) is 5.16. The number of benzene rings is 1. The van der Waals surface area contributed by atoms with Gasteiger partial charge in [-0.15, -0.1) is 0 Å². The van der Waals surface area contributed by atoms with Crippen molar-refractivity contribution in [2.75, 3.05) is 0 Å². The molecule has 1 aromatic carbocycles. The Morgan fingerprint density at radius 2 is 2.06 bits per heavy atom. The van der Waals surface area contributed by atoms with Crippen molar-refractivity contribution in [3.05, 3.63) is 46.5 Å². The van der Waals surface area contributed by atoms with Gasteiger partial charge in [-0.2, -0.15) is 0 Å². The molecular formula is C12H13FN2S. The third-order valence-electron chi connectivity index (χ3n) is 2.43. The number of aromatic nitrogens is 2. The van der Waals surface area contributed by atoms with E-state index in [2.05, 4.69) is 18.9 Å². The summed E-state index contributed by atoms with van der Waals surface area (Å²) < 4.78 is 15.5. The summed E-state index contributed by atoms with van der Waals surface area (Å²) in [5.41, 5.74) is 1.77. The molecule has 84 valence electrons. The lowest BCUT2D eigenvalue weighted by Gasteiger charge is -2.04. The maximum Gasteiger partial charge on any atom is 0.127 e. The number of halogens is 1. The molecular weight excluding hydrogens is 223 g/mol. The van der Waals surface area contributed by atoms with Crippen molar-refractivity contribution < 1.29 is 4.39 Å². The van der Waals surface area contributed by atoms with Crippen LogP contribution >= 0.6 is 12.2 Å². The Hall–Kier alpha value is -1.42. The van der Waals surface area contributed by atoms with Gasteiger partial charge in [-0.05, 0) is 30.2 Å². The van der Waals surface area contributed by atoms with E-state index in [0.29, 0.717) is 10.6 Å². The van der Waals surface area contributed by atoms with Gasteiger partial charge in [0.05, 0.1) is 5.69 Å². The fourth-order valence-corrected chi connectivity index (χ4v) is 1.79. The van der Waals surface area contributed by atoms with E-state index < -0.39 is 0 Å². The van der Waals surface area contributed by atoms with Crippen LogP contribution in [-0.2, 0) is 0 Å². The van der Waals surface area contributed by atoms with Gasteiger partial charge >= 0.3 is 0 Å². The van der Waals surface area contributed by atoms with E-state index in [0.717, 1.165) is 11.4 Å². The Labute approximate surface area is 98.7 Å². The molecule has 2 aromatic rings. The lowest BCUT2D eigenvalue weighted by atomic mass is 10.1. The molecule has 2 nitrogen and oxygen atoms in total. The third-order valence-corrected chi connectivity index (χ3v) is 2.73. The van der Waals surface area contributed by atoms with E-state index in [1.165, 1.54) is 12.1 Å². The average Bonchev–Trinajstić information content (AvgIpc) is 2.60. The second-order valence-corrected chi connectivity index (χ2v) is 4.44. The number of nitrogens with zero attached hydrogens (tertiary/aromatic N) is 1. The molecule has 1 heterocycles. The molecule has 0 aliphatic heterocycles. The summed E-state index contributed by atoms with van der Waals surface area (Å²) in [7, 11) is 0. The SMILES string of the molecule is CC(C)c1cc(=S)n(-c2cccc(F)c2)[nH]1. The van der Waals surface area contributed by atoms with Gasteiger partial charge in [0, 0.05) is 5.69 Å². The number of hydrogen-bond donors (Lipinski definition) is 1. The normalized spacial score (nSPS) is 11.0. The Morgan fingerprint density at radius 1 is 1.31 bits per heavy atom. The summed E-state index contributed by atoms with van der Waals surface area (Å²) >= 11 is 5.23. The van der Waals surface area contributed by atoms with Gasteiger partial charge < -0.3 is 0 Å². The van der Waals surface area contributed by atoms with E-state index in [1.54, 1.807) is 10.7 Å². The lowest BCUT2D eigenvalue weighted by Crippen LogP contribution is -1.98. The molecule has 0 aliphatic carbocycles. The van der Waals surface area contributed by atoms with Gasteiger partial charge in [0.25, 0.3) is 0 Å². The van der Waals surface area contributed by atoms with E-state index in [1.807, 2.05) is 12.1 Å². The van der Waals surface area contributed by atoms with E-state index in [9.17, 15) is 4.39 Å². The van der Waals surface area contributed by atoms with Crippen molar-refractivity contribution >= 4 is 12.2 Å². The molecule has 0 spiro atoms. The molecule has 0 saturated carbocycles. The lowest BCUT2D eigenvalue weighted by molar-refractivity contribution is 0.625. The van der Waals surface area contributed by atoms with E-state index >= 15 is 0 Å². The van der Waals surface area contributed by atoms with Crippen LogP contribution in [0.1, 0.15) is 25.5 Å². The predicted molar refractivity (Wildman–Crippen MR) is 65.0 cm³/mol. The molecule has 0 aliphatic rings. The molecule has 1 N–H and O–H groups in total. The second-order valence-electron chi connectivity index (χ2n) is 4.02. The maximum atomic E-state index is 13.1. The molecule has 4 heteroatoms. The Kier molecular flexibility index (Phi) is 2.92.